The van der Waals surface area contributed by atoms with E-state index in [9.17, 15) is 9.59 Å². The SMILES string of the molecule is CCCCCCCCCCCC(CC(=O)O)OC(=O)CCCCCCCCc1ccccc1. The van der Waals surface area contributed by atoms with Crippen LogP contribution in [-0.2, 0) is 20.7 Å². The Bertz CT molecular complexity index is 599. The molecule has 0 aliphatic rings. The van der Waals surface area contributed by atoms with E-state index in [0.29, 0.717) is 12.8 Å². The fourth-order valence-electron chi connectivity index (χ4n) is 4.28. The van der Waals surface area contributed by atoms with Crippen molar-refractivity contribution in [1.82, 2.24) is 0 Å². The summed E-state index contributed by atoms with van der Waals surface area (Å²) in [5.41, 5.74) is 1.40. The molecule has 4 nitrogen and oxygen atoms in total. The van der Waals surface area contributed by atoms with Gasteiger partial charge in [-0.3, -0.25) is 9.59 Å². The van der Waals surface area contributed by atoms with E-state index >= 15 is 0 Å². The van der Waals surface area contributed by atoms with Crippen LogP contribution in [0.1, 0.15) is 128 Å². The molecule has 0 aliphatic carbocycles. The second kappa shape index (κ2) is 20.7. The van der Waals surface area contributed by atoms with Crippen molar-refractivity contribution in [3.63, 3.8) is 0 Å². The first-order valence-electron chi connectivity index (χ1n) is 13.6. The maximum atomic E-state index is 12.2. The number of rotatable bonds is 22. The molecule has 0 aromatic heterocycles. The molecule has 1 N–H and O–H groups in total. The number of unbranched alkanes of at least 4 members (excludes halogenated alkanes) is 13. The summed E-state index contributed by atoms with van der Waals surface area (Å²) in [7, 11) is 0. The lowest BCUT2D eigenvalue weighted by molar-refractivity contribution is -0.153. The third kappa shape index (κ3) is 18.3. The van der Waals surface area contributed by atoms with E-state index < -0.39 is 12.1 Å². The molecule has 0 saturated carbocycles. The number of carboxylic acid groups (broad SMARTS) is 1. The molecule has 1 unspecified atom stereocenters. The Morgan fingerprint density at radius 2 is 1.30 bits per heavy atom. The van der Waals surface area contributed by atoms with Crippen LogP contribution in [0, 0.1) is 0 Å². The number of aliphatic carboxylic acids is 1. The summed E-state index contributed by atoms with van der Waals surface area (Å²) < 4.78 is 5.51. The molecule has 0 saturated heterocycles. The average molecular weight is 461 g/mol. The van der Waals surface area contributed by atoms with Crippen LogP contribution in [0.25, 0.3) is 0 Å². The van der Waals surface area contributed by atoms with Crippen molar-refractivity contribution in [3.05, 3.63) is 35.9 Å². The van der Waals surface area contributed by atoms with Gasteiger partial charge in [-0.25, -0.2) is 0 Å². The lowest BCUT2D eigenvalue weighted by Gasteiger charge is -2.16. The van der Waals surface area contributed by atoms with Crippen molar-refractivity contribution >= 4 is 11.9 Å². The van der Waals surface area contributed by atoms with Crippen LogP contribution in [-0.4, -0.2) is 23.1 Å². The quantitative estimate of drug-likeness (QED) is 0.140. The molecule has 0 fully saturated rings. The predicted octanol–water partition coefficient (Wildman–Crippen LogP) is 8.27. The molecule has 0 radical (unpaired) electrons. The van der Waals surface area contributed by atoms with Crippen LogP contribution in [0.3, 0.4) is 0 Å². The second-order valence-corrected chi connectivity index (χ2v) is 9.43. The number of hydrogen-bond donors (Lipinski definition) is 1. The van der Waals surface area contributed by atoms with E-state index in [1.165, 1.54) is 69.8 Å². The van der Waals surface area contributed by atoms with Gasteiger partial charge in [0.2, 0.25) is 0 Å². The largest absolute Gasteiger partial charge is 0.481 e. The summed E-state index contributed by atoms with van der Waals surface area (Å²) in [4.78, 5) is 23.3. The van der Waals surface area contributed by atoms with E-state index in [-0.39, 0.29) is 12.4 Å². The highest BCUT2D eigenvalue weighted by molar-refractivity contribution is 5.71. The number of aryl methyl sites for hydroxylation is 1. The van der Waals surface area contributed by atoms with Gasteiger partial charge in [0.1, 0.15) is 6.10 Å². The smallest absolute Gasteiger partial charge is 0.307 e. The van der Waals surface area contributed by atoms with Crippen molar-refractivity contribution in [2.45, 2.75) is 135 Å². The molecule has 0 bridgehead atoms. The van der Waals surface area contributed by atoms with Gasteiger partial charge in [0.05, 0.1) is 6.42 Å². The first-order valence-corrected chi connectivity index (χ1v) is 13.6. The third-order valence-corrected chi connectivity index (χ3v) is 6.27. The van der Waals surface area contributed by atoms with E-state index in [0.717, 1.165) is 38.5 Å². The molecule has 0 heterocycles. The summed E-state index contributed by atoms with van der Waals surface area (Å²) in [6.07, 6.45) is 19.3. The van der Waals surface area contributed by atoms with Crippen molar-refractivity contribution in [2.24, 2.45) is 0 Å². The average Bonchev–Trinajstić information content (AvgIpc) is 2.80. The summed E-state index contributed by atoms with van der Waals surface area (Å²) >= 11 is 0. The maximum Gasteiger partial charge on any atom is 0.307 e. The molecule has 0 spiro atoms. The number of hydrogen-bond acceptors (Lipinski definition) is 3. The van der Waals surface area contributed by atoms with E-state index in [1.807, 2.05) is 0 Å². The Labute approximate surface area is 202 Å². The van der Waals surface area contributed by atoms with Crippen LogP contribution >= 0.6 is 0 Å². The number of carbonyl (C=O) groups excluding carboxylic acids is 1. The topological polar surface area (TPSA) is 63.6 Å². The van der Waals surface area contributed by atoms with Gasteiger partial charge in [0, 0.05) is 6.42 Å². The van der Waals surface area contributed by atoms with Gasteiger partial charge in [-0.1, -0.05) is 114 Å². The summed E-state index contributed by atoms with van der Waals surface area (Å²) in [6.45, 7) is 2.23. The van der Waals surface area contributed by atoms with Crippen LogP contribution in [0.15, 0.2) is 30.3 Å². The van der Waals surface area contributed by atoms with Gasteiger partial charge in [-0.2, -0.15) is 0 Å². The number of ether oxygens (including phenoxy) is 1. The van der Waals surface area contributed by atoms with Crippen molar-refractivity contribution in [2.75, 3.05) is 0 Å². The molecule has 0 amide bonds. The molecule has 33 heavy (non-hydrogen) atoms. The van der Waals surface area contributed by atoms with Gasteiger partial charge in [0.15, 0.2) is 0 Å². The maximum absolute atomic E-state index is 12.2. The van der Waals surface area contributed by atoms with Crippen LogP contribution in [0.2, 0.25) is 0 Å². The second-order valence-electron chi connectivity index (χ2n) is 9.43. The number of carboxylic acids is 1. The number of esters is 1. The number of carbonyl (C=O) groups is 2. The summed E-state index contributed by atoms with van der Waals surface area (Å²) in [5, 5.41) is 9.14. The fraction of sp³-hybridized carbons (Fsp3) is 0.724. The Balaban J connectivity index is 2.04. The number of benzene rings is 1. The highest BCUT2D eigenvalue weighted by Gasteiger charge is 2.17. The first kappa shape index (κ1) is 29.2. The van der Waals surface area contributed by atoms with Crippen LogP contribution in [0.4, 0.5) is 0 Å². The molecule has 4 heteroatoms. The molecule has 1 atom stereocenters. The van der Waals surface area contributed by atoms with E-state index in [4.69, 9.17) is 9.84 Å². The minimum atomic E-state index is -0.890. The minimum absolute atomic E-state index is 0.0792. The lowest BCUT2D eigenvalue weighted by atomic mass is 10.0. The normalized spacial score (nSPS) is 11.9. The molecule has 1 aromatic rings. The Hall–Kier alpha value is -1.84. The zero-order chi connectivity index (χ0) is 24.0. The van der Waals surface area contributed by atoms with Gasteiger partial charge in [-0.05, 0) is 37.7 Å². The molecule has 0 aliphatic heterocycles. The summed E-state index contributed by atoms with van der Waals surface area (Å²) in [6, 6.07) is 10.6. The predicted molar refractivity (Wildman–Crippen MR) is 136 cm³/mol. The lowest BCUT2D eigenvalue weighted by Crippen LogP contribution is -2.21. The Morgan fingerprint density at radius 1 is 0.758 bits per heavy atom. The van der Waals surface area contributed by atoms with E-state index in [1.54, 1.807) is 0 Å². The Morgan fingerprint density at radius 3 is 1.91 bits per heavy atom. The van der Waals surface area contributed by atoms with E-state index in [2.05, 4.69) is 37.3 Å². The van der Waals surface area contributed by atoms with Gasteiger partial charge < -0.3 is 9.84 Å². The zero-order valence-electron chi connectivity index (χ0n) is 21.1. The molecule has 1 aromatic carbocycles. The van der Waals surface area contributed by atoms with Crippen LogP contribution < -0.4 is 0 Å². The van der Waals surface area contributed by atoms with Crippen molar-refractivity contribution < 1.29 is 19.4 Å². The zero-order valence-corrected chi connectivity index (χ0v) is 21.1. The molecule has 1 rings (SSSR count). The minimum Gasteiger partial charge on any atom is -0.481 e. The molecular weight excluding hydrogens is 412 g/mol. The standard InChI is InChI=1S/C29H48O4/c1-2-3-4-5-6-7-8-12-18-23-27(25-28(30)31)33-29(32)24-19-13-10-9-11-15-20-26-21-16-14-17-22-26/h14,16-17,21-22,27H,2-13,15,18-20,23-25H2,1H3,(H,30,31). The molecular formula is C29H48O4. The van der Waals surface area contributed by atoms with Crippen molar-refractivity contribution in [1.29, 1.82) is 0 Å². The third-order valence-electron chi connectivity index (χ3n) is 6.27. The monoisotopic (exact) mass is 460 g/mol. The van der Waals surface area contributed by atoms with Gasteiger partial charge in [0.25, 0.3) is 0 Å². The van der Waals surface area contributed by atoms with Gasteiger partial charge in [-0.15, -0.1) is 0 Å². The highest BCUT2D eigenvalue weighted by Crippen LogP contribution is 2.16. The van der Waals surface area contributed by atoms with Crippen LogP contribution in [0.5, 0.6) is 0 Å². The molecule has 188 valence electrons. The highest BCUT2D eigenvalue weighted by atomic mass is 16.5. The van der Waals surface area contributed by atoms with Gasteiger partial charge >= 0.3 is 11.9 Å². The fourth-order valence-corrected chi connectivity index (χ4v) is 4.28. The van der Waals surface area contributed by atoms with Crippen molar-refractivity contribution in [3.8, 4) is 0 Å². The summed E-state index contributed by atoms with van der Waals surface area (Å²) in [5.74, 6) is -1.12. The Kier molecular flexibility index (Phi) is 18.4. The first-order chi connectivity index (χ1) is 16.1.